The zero-order chi connectivity index (χ0) is 9.90. The van der Waals surface area contributed by atoms with Gasteiger partial charge in [-0.15, -0.1) is 0 Å². The lowest BCUT2D eigenvalue weighted by Crippen LogP contribution is -1.74. The Morgan fingerprint density at radius 3 is 1.57 bits per heavy atom. The molecule has 0 N–H and O–H groups in total. The number of hydrogen-bond acceptors (Lipinski definition) is 0. The van der Waals surface area contributed by atoms with Gasteiger partial charge in [0.2, 0.25) is 0 Å². The topological polar surface area (TPSA) is 0 Å². The summed E-state index contributed by atoms with van der Waals surface area (Å²) in [6, 6.07) is 0. The molecule has 0 radical (unpaired) electrons. The predicted octanol–water partition coefficient (Wildman–Crippen LogP) is 4.57. The van der Waals surface area contributed by atoms with Crippen LogP contribution in [0.3, 0.4) is 0 Å². The lowest BCUT2D eigenvalue weighted by Gasteiger charge is -1.94. The van der Waals surface area contributed by atoms with E-state index in [2.05, 4.69) is 48.6 Å². The molecule has 0 spiro atoms. The highest BCUT2D eigenvalue weighted by Gasteiger charge is 1.85. The fourth-order valence-corrected chi connectivity index (χ4v) is 1.44. The Kier molecular flexibility index (Phi) is 6.74. The average molecular weight is 188 g/mol. The molecule has 0 aliphatic heterocycles. The Hall–Kier alpha value is -1.04. The molecule has 14 heavy (non-hydrogen) atoms. The third-order valence-corrected chi connectivity index (χ3v) is 2.28. The molecule has 0 atom stereocenters. The van der Waals surface area contributed by atoms with Gasteiger partial charge in [-0.05, 0) is 32.1 Å². The predicted molar refractivity (Wildman–Crippen MR) is 64.3 cm³/mol. The van der Waals surface area contributed by atoms with E-state index >= 15 is 0 Å². The van der Waals surface area contributed by atoms with Gasteiger partial charge in [0.25, 0.3) is 0 Å². The van der Waals surface area contributed by atoms with Crippen molar-refractivity contribution in [1.29, 1.82) is 0 Å². The van der Waals surface area contributed by atoms with Gasteiger partial charge >= 0.3 is 0 Å². The molecule has 0 heteroatoms. The van der Waals surface area contributed by atoms with Crippen LogP contribution in [0.25, 0.3) is 0 Å². The molecule has 0 bridgehead atoms. The Morgan fingerprint density at radius 1 is 0.500 bits per heavy atom. The highest BCUT2D eigenvalue weighted by Crippen LogP contribution is 2.05. The van der Waals surface area contributed by atoms with E-state index in [1.165, 1.54) is 32.1 Å². The van der Waals surface area contributed by atoms with Crippen LogP contribution >= 0.6 is 0 Å². The van der Waals surface area contributed by atoms with E-state index in [1.54, 1.807) is 0 Å². The van der Waals surface area contributed by atoms with E-state index in [9.17, 15) is 0 Å². The van der Waals surface area contributed by atoms with Crippen LogP contribution in [0.4, 0.5) is 0 Å². The molecule has 0 amide bonds. The monoisotopic (exact) mass is 188 g/mol. The van der Waals surface area contributed by atoms with Crippen molar-refractivity contribution < 1.29 is 0 Å². The van der Waals surface area contributed by atoms with E-state index < -0.39 is 0 Å². The van der Waals surface area contributed by atoms with Gasteiger partial charge in [0.15, 0.2) is 0 Å². The highest BCUT2D eigenvalue weighted by molar-refractivity contribution is 5.08. The van der Waals surface area contributed by atoms with Crippen molar-refractivity contribution >= 4 is 0 Å². The van der Waals surface area contributed by atoms with Crippen LogP contribution in [-0.4, -0.2) is 0 Å². The van der Waals surface area contributed by atoms with E-state index in [-0.39, 0.29) is 0 Å². The highest BCUT2D eigenvalue weighted by atomic mass is 13.9. The van der Waals surface area contributed by atoms with Gasteiger partial charge in [-0.1, -0.05) is 55.0 Å². The van der Waals surface area contributed by atoms with E-state index in [4.69, 9.17) is 0 Å². The lowest BCUT2D eigenvalue weighted by molar-refractivity contribution is 0.696. The molecular formula is C14H20. The van der Waals surface area contributed by atoms with Crippen LogP contribution in [-0.2, 0) is 0 Å². The van der Waals surface area contributed by atoms with Crippen molar-refractivity contribution in [1.82, 2.24) is 0 Å². The van der Waals surface area contributed by atoms with Crippen LogP contribution in [0.1, 0.15) is 38.5 Å². The molecule has 0 saturated carbocycles. The van der Waals surface area contributed by atoms with E-state index in [0.29, 0.717) is 0 Å². The SMILES string of the molecule is C1=CCCCCC/C=C/C=C\C/C=C\1. The fraction of sp³-hybridized carbons (Fsp3) is 0.429. The Morgan fingerprint density at radius 2 is 1.00 bits per heavy atom. The number of allylic oxidation sites excluding steroid dienone is 8. The molecule has 0 heterocycles. The normalized spacial score (nSPS) is 26.3. The molecule has 0 nitrogen and oxygen atoms in total. The first-order chi connectivity index (χ1) is 7.00. The molecule has 1 aliphatic rings. The second-order valence-electron chi connectivity index (χ2n) is 3.59. The van der Waals surface area contributed by atoms with E-state index in [0.717, 1.165) is 6.42 Å². The second kappa shape index (κ2) is 8.55. The summed E-state index contributed by atoms with van der Waals surface area (Å²) in [5, 5.41) is 0. The molecule has 1 rings (SSSR count). The van der Waals surface area contributed by atoms with E-state index in [1.807, 2.05) is 0 Å². The maximum Gasteiger partial charge on any atom is -0.0163 e. The van der Waals surface area contributed by atoms with Crippen molar-refractivity contribution in [2.75, 3.05) is 0 Å². The molecule has 0 saturated heterocycles. The summed E-state index contributed by atoms with van der Waals surface area (Å²) in [6.07, 6.45) is 25.0. The molecule has 76 valence electrons. The van der Waals surface area contributed by atoms with Crippen LogP contribution < -0.4 is 0 Å². The summed E-state index contributed by atoms with van der Waals surface area (Å²) < 4.78 is 0. The van der Waals surface area contributed by atoms with Crippen molar-refractivity contribution in [3.63, 3.8) is 0 Å². The standard InChI is InChI=1S/C14H20/c1-2-4-6-8-10-12-14-13-11-9-7-5-3-1/h1-4,7,9,11,13H,5-6,8,10,12,14H2/b3-1-,4-2+,9-7-,13-11?. The number of hydrogen-bond donors (Lipinski definition) is 0. The van der Waals surface area contributed by atoms with Gasteiger partial charge in [0.1, 0.15) is 0 Å². The minimum Gasteiger partial charge on any atom is -0.0845 e. The van der Waals surface area contributed by atoms with Gasteiger partial charge in [-0.25, -0.2) is 0 Å². The quantitative estimate of drug-likeness (QED) is 0.522. The average Bonchev–Trinajstić information content (AvgIpc) is 2.22. The van der Waals surface area contributed by atoms with Crippen LogP contribution in [0.5, 0.6) is 0 Å². The minimum atomic E-state index is 1.04. The summed E-state index contributed by atoms with van der Waals surface area (Å²) in [7, 11) is 0. The molecule has 0 aromatic carbocycles. The first-order valence-electron chi connectivity index (χ1n) is 5.63. The second-order valence-corrected chi connectivity index (χ2v) is 3.59. The first-order valence-corrected chi connectivity index (χ1v) is 5.63. The van der Waals surface area contributed by atoms with Crippen LogP contribution in [0, 0.1) is 0 Å². The Labute approximate surface area is 87.7 Å². The summed E-state index contributed by atoms with van der Waals surface area (Å²) in [5.74, 6) is 0. The van der Waals surface area contributed by atoms with Crippen molar-refractivity contribution in [3.8, 4) is 0 Å². The van der Waals surface area contributed by atoms with Crippen LogP contribution in [0.2, 0.25) is 0 Å². The number of rotatable bonds is 0. The van der Waals surface area contributed by atoms with Gasteiger partial charge < -0.3 is 0 Å². The first kappa shape index (κ1) is 11.0. The molecule has 1 aliphatic carbocycles. The van der Waals surface area contributed by atoms with Crippen molar-refractivity contribution in [3.05, 3.63) is 48.6 Å². The zero-order valence-electron chi connectivity index (χ0n) is 8.86. The summed E-state index contributed by atoms with van der Waals surface area (Å²) in [6.45, 7) is 0. The minimum absolute atomic E-state index is 1.04. The molecule has 0 unspecified atom stereocenters. The van der Waals surface area contributed by atoms with Gasteiger partial charge in [0, 0.05) is 0 Å². The van der Waals surface area contributed by atoms with Gasteiger partial charge in [-0.2, -0.15) is 0 Å². The largest absolute Gasteiger partial charge is 0.0845 e. The van der Waals surface area contributed by atoms with Crippen LogP contribution in [0.15, 0.2) is 48.6 Å². The maximum atomic E-state index is 2.27. The van der Waals surface area contributed by atoms with Crippen molar-refractivity contribution in [2.45, 2.75) is 38.5 Å². The lowest BCUT2D eigenvalue weighted by atomic mass is 10.1. The maximum absolute atomic E-state index is 2.27. The summed E-state index contributed by atoms with van der Waals surface area (Å²) in [5.41, 5.74) is 0. The summed E-state index contributed by atoms with van der Waals surface area (Å²) in [4.78, 5) is 0. The third kappa shape index (κ3) is 6.47. The molecular weight excluding hydrogens is 168 g/mol. The fourth-order valence-electron chi connectivity index (χ4n) is 1.44. The molecule has 0 aromatic rings. The summed E-state index contributed by atoms with van der Waals surface area (Å²) >= 11 is 0. The van der Waals surface area contributed by atoms with Gasteiger partial charge in [-0.3, -0.25) is 0 Å². The molecule has 0 fully saturated rings. The Bertz CT molecular complexity index is 204. The van der Waals surface area contributed by atoms with Crippen molar-refractivity contribution in [2.24, 2.45) is 0 Å². The Balaban J connectivity index is 2.35. The smallest absolute Gasteiger partial charge is 0.0163 e. The zero-order valence-corrected chi connectivity index (χ0v) is 8.86. The van der Waals surface area contributed by atoms with Gasteiger partial charge in [0.05, 0.1) is 0 Å². The molecule has 0 aromatic heterocycles. The third-order valence-electron chi connectivity index (χ3n) is 2.28.